The molecule has 0 bridgehead atoms. The van der Waals surface area contributed by atoms with Crippen molar-refractivity contribution >= 4 is 5.91 Å². The highest BCUT2D eigenvalue weighted by Crippen LogP contribution is 2.08. The minimum absolute atomic E-state index is 0.113. The van der Waals surface area contributed by atoms with Crippen molar-refractivity contribution in [3.8, 4) is 0 Å². The molecule has 2 heterocycles. The molecule has 1 N–H and O–H groups in total. The Hall–Kier alpha value is -1.43. The maximum atomic E-state index is 12.0. The molecule has 1 aromatic heterocycles. The standard InChI is InChI=1S/C10H17N5O/c1-2-15(9-3-4-11-5-9)10(16)6-14-8-12-7-13-14/h7-9,11H,2-6H2,1H3. The zero-order valence-corrected chi connectivity index (χ0v) is 9.46. The maximum Gasteiger partial charge on any atom is 0.244 e. The highest BCUT2D eigenvalue weighted by atomic mass is 16.2. The summed E-state index contributed by atoms with van der Waals surface area (Å²) in [7, 11) is 0. The van der Waals surface area contributed by atoms with Gasteiger partial charge in [-0.25, -0.2) is 9.67 Å². The number of hydrogen-bond acceptors (Lipinski definition) is 4. The average molecular weight is 223 g/mol. The fraction of sp³-hybridized carbons (Fsp3) is 0.700. The highest BCUT2D eigenvalue weighted by Gasteiger charge is 2.25. The van der Waals surface area contributed by atoms with E-state index in [4.69, 9.17) is 0 Å². The van der Waals surface area contributed by atoms with Crippen molar-refractivity contribution in [2.45, 2.75) is 25.9 Å². The van der Waals surface area contributed by atoms with Crippen LogP contribution in [0.5, 0.6) is 0 Å². The molecular formula is C10H17N5O. The number of aromatic nitrogens is 3. The van der Waals surface area contributed by atoms with Gasteiger partial charge in [0.2, 0.25) is 5.91 Å². The Bertz CT molecular complexity index is 331. The number of nitrogens with zero attached hydrogens (tertiary/aromatic N) is 4. The molecule has 0 radical (unpaired) electrons. The second kappa shape index (κ2) is 5.07. The topological polar surface area (TPSA) is 63.1 Å². The molecular weight excluding hydrogens is 206 g/mol. The molecule has 88 valence electrons. The van der Waals surface area contributed by atoms with Gasteiger partial charge >= 0.3 is 0 Å². The molecule has 1 atom stereocenters. The van der Waals surface area contributed by atoms with E-state index < -0.39 is 0 Å². The van der Waals surface area contributed by atoms with E-state index in [0.29, 0.717) is 6.04 Å². The zero-order valence-electron chi connectivity index (χ0n) is 9.46. The number of nitrogens with one attached hydrogen (secondary N) is 1. The molecule has 16 heavy (non-hydrogen) atoms. The molecule has 1 aromatic rings. The lowest BCUT2D eigenvalue weighted by atomic mass is 10.2. The predicted molar refractivity (Wildman–Crippen MR) is 58.7 cm³/mol. The van der Waals surface area contributed by atoms with Gasteiger partial charge in [-0.2, -0.15) is 5.10 Å². The van der Waals surface area contributed by atoms with E-state index in [-0.39, 0.29) is 12.5 Å². The minimum atomic E-state index is 0.113. The van der Waals surface area contributed by atoms with Gasteiger partial charge in [0.05, 0.1) is 0 Å². The van der Waals surface area contributed by atoms with E-state index >= 15 is 0 Å². The summed E-state index contributed by atoms with van der Waals surface area (Å²) in [6.07, 6.45) is 4.05. The van der Waals surface area contributed by atoms with Crippen LogP contribution in [0.15, 0.2) is 12.7 Å². The van der Waals surface area contributed by atoms with Gasteiger partial charge < -0.3 is 10.2 Å². The van der Waals surface area contributed by atoms with Crippen LogP contribution < -0.4 is 5.32 Å². The lowest BCUT2D eigenvalue weighted by Gasteiger charge is -2.27. The van der Waals surface area contributed by atoms with Crippen molar-refractivity contribution in [3.05, 3.63) is 12.7 Å². The lowest BCUT2D eigenvalue weighted by Crippen LogP contribution is -2.43. The second-order valence-corrected chi connectivity index (χ2v) is 3.92. The fourth-order valence-electron chi connectivity index (χ4n) is 2.09. The van der Waals surface area contributed by atoms with Crippen LogP contribution >= 0.6 is 0 Å². The van der Waals surface area contributed by atoms with E-state index in [0.717, 1.165) is 26.1 Å². The summed E-state index contributed by atoms with van der Waals surface area (Å²) in [6, 6.07) is 0.334. The smallest absolute Gasteiger partial charge is 0.244 e. The van der Waals surface area contributed by atoms with Crippen LogP contribution in [0.4, 0.5) is 0 Å². The first kappa shape index (κ1) is 11.1. The van der Waals surface area contributed by atoms with Crippen molar-refractivity contribution in [2.75, 3.05) is 19.6 Å². The van der Waals surface area contributed by atoms with Gasteiger partial charge in [-0.1, -0.05) is 0 Å². The molecule has 2 rings (SSSR count). The van der Waals surface area contributed by atoms with Crippen LogP contribution in [0.25, 0.3) is 0 Å². The van der Waals surface area contributed by atoms with Crippen molar-refractivity contribution in [1.82, 2.24) is 25.0 Å². The first-order valence-electron chi connectivity index (χ1n) is 5.64. The quantitative estimate of drug-likeness (QED) is 0.746. The number of carbonyl (C=O) groups excluding carboxylic acids is 1. The van der Waals surface area contributed by atoms with Crippen LogP contribution in [-0.2, 0) is 11.3 Å². The van der Waals surface area contributed by atoms with Crippen LogP contribution in [0.3, 0.4) is 0 Å². The van der Waals surface area contributed by atoms with Crippen LogP contribution in [0.2, 0.25) is 0 Å². The number of carbonyl (C=O) groups is 1. The first-order valence-corrected chi connectivity index (χ1v) is 5.64. The molecule has 0 spiro atoms. The van der Waals surface area contributed by atoms with Crippen molar-refractivity contribution in [1.29, 1.82) is 0 Å². The number of likely N-dealkylation sites (N-methyl/N-ethyl adjacent to an activating group) is 1. The van der Waals surface area contributed by atoms with E-state index in [9.17, 15) is 4.79 Å². The Labute approximate surface area is 94.6 Å². The van der Waals surface area contributed by atoms with Gasteiger partial charge in [0.1, 0.15) is 19.2 Å². The summed E-state index contributed by atoms with van der Waals surface area (Å²) in [5.41, 5.74) is 0. The highest BCUT2D eigenvalue weighted by molar-refractivity contribution is 5.76. The maximum absolute atomic E-state index is 12.0. The Morgan fingerprint density at radius 2 is 2.56 bits per heavy atom. The third kappa shape index (κ3) is 2.38. The molecule has 1 aliphatic heterocycles. The molecule has 6 heteroatoms. The minimum Gasteiger partial charge on any atom is -0.337 e. The third-order valence-corrected chi connectivity index (χ3v) is 2.90. The Balaban J connectivity index is 1.95. The van der Waals surface area contributed by atoms with Crippen LogP contribution in [-0.4, -0.2) is 51.2 Å². The molecule has 0 saturated carbocycles. The SMILES string of the molecule is CCN(C(=O)Cn1cncn1)C1CCNC1. The zero-order chi connectivity index (χ0) is 11.4. The summed E-state index contributed by atoms with van der Waals surface area (Å²) < 4.78 is 1.56. The van der Waals surface area contributed by atoms with E-state index in [1.165, 1.54) is 6.33 Å². The Morgan fingerprint density at radius 3 is 3.12 bits per heavy atom. The summed E-state index contributed by atoms with van der Waals surface area (Å²) in [6.45, 7) is 4.94. The number of rotatable bonds is 4. The lowest BCUT2D eigenvalue weighted by molar-refractivity contribution is -0.133. The predicted octanol–water partition coefficient (Wildman–Crippen LogP) is -0.511. The Kier molecular flexibility index (Phi) is 3.51. The van der Waals surface area contributed by atoms with Gasteiger partial charge in [0.25, 0.3) is 0 Å². The van der Waals surface area contributed by atoms with E-state index in [1.54, 1.807) is 11.0 Å². The summed E-state index contributed by atoms with van der Waals surface area (Å²) >= 11 is 0. The normalized spacial score (nSPS) is 19.9. The monoisotopic (exact) mass is 223 g/mol. The van der Waals surface area contributed by atoms with Crippen LogP contribution in [0.1, 0.15) is 13.3 Å². The number of hydrogen-bond donors (Lipinski definition) is 1. The van der Waals surface area contributed by atoms with E-state index in [1.807, 2.05) is 11.8 Å². The van der Waals surface area contributed by atoms with Gasteiger partial charge in [0.15, 0.2) is 0 Å². The molecule has 1 unspecified atom stereocenters. The average Bonchev–Trinajstić information content (AvgIpc) is 2.91. The molecule has 1 saturated heterocycles. The summed E-state index contributed by atoms with van der Waals surface area (Å²) in [5, 5.41) is 7.21. The van der Waals surface area contributed by atoms with Gasteiger partial charge in [-0.15, -0.1) is 0 Å². The Morgan fingerprint density at radius 1 is 1.69 bits per heavy atom. The van der Waals surface area contributed by atoms with E-state index in [2.05, 4.69) is 15.4 Å². The van der Waals surface area contributed by atoms with Gasteiger partial charge in [0, 0.05) is 19.1 Å². The molecule has 0 aliphatic carbocycles. The molecule has 6 nitrogen and oxygen atoms in total. The molecule has 1 fully saturated rings. The van der Waals surface area contributed by atoms with Crippen molar-refractivity contribution in [2.24, 2.45) is 0 Å². The number of amides is 1. The molecule has 1 aliphatic rings. The van der Waals surface area contributed by atoms with Crippen LogP contribution in [0, 0.1) is 0 Å². The van der Waals surface area contributed by atoms with Crippen molar-refractivity contribution in [3.63, 3.8) is 0 Å². The fourth-order valence-corrected chi connectivity index (χ4v) is 2.09. The molecule has 0 aromatic carbocycles. The van der Waals surface area contributed by atoms with Crippen molar-refractivity contribution < 1.29 is 4.79 Å². The van der Waals surface area contributed by atoms with Gasteiger partial charge in [-0.05, 0) is 19.9 Å². The third-order valence-electron chi connectivity index (χ3n) is 2.90. The second-order valence-electron chi connectivity index (χ2n) is 3.92. The van der Waals surface area contributed by atoms with Gasteiger partial charge in [-0.3, -0.25) is 4.79 Å². The molecule has 1 amide bonds. The summed E-state index contributed by atoms with van der Waals surface area (Å²) in [4.78, 5) is 17.8. The summed E-state index contributed by atoms with van der Waals surface area (Å²) in [5.74, 6) is 0.113. The first-order chi connectivity index (χ1) is 7.81. The largest absolute Gasteiger partial charge is 0.337 e.